The Morgan fingerprint density at radius 3 is 0.758 bits per heavy atom. The molecule has 1 aliphatic carbocycles. The second kappa shape index (κ2) is 19.7. The Hall–Kier alpha value is 0.242. The standard InChI is InChI=1S/C51H87Si7.3ClH.Ti/c1-33-29-42(52(11,12)13)48(38(6)45(33)55(20,21)22)58(51(10)32-36(4)37(5)41(51)9,49-39(7)46(56(23,24)25)34(2)30-43(49)53(14,15)16)50-40(8)47(57(26,27)28)35(3)31-44(50)54(17,18)19;;;;/h29-31H,1-28H3;3*1H;/q-1;;;;+4/p-3. The van der Waals surface area contributed by atoms with Crippen molar-refractivity contribution in [2.24, 2.45) is 0 Å². The maximum absolute atomic E-state index is 4.59. The van der Waals surface area contributed by atoms with E-state index in [1.165, 1.54) is 11.1 Å². The molecule has 0 N–H and O–H groups in total. The maximum atomic E-state index is 4.59. The van der Waals surface area contributed by atoms with E-state index in [1.54, 1.807) is 85.6 Å². The Morgan fingerprint density at radius 1 is 0.371 bits per heavy atom. The summed E-state index contributed by atoms with van der Waals surface area (Å²) in [4.78, 5) is 0. The summed E-state index contributed by atoms with van der Waals surface area (Å²) in [5, 5.41) is 15.4. The van der Waals surface area contributed by atoms with Gasteiger partial charge in [-0.1, -0.05) is 226 Å². The van der Waals surface area contributed by atoms with Gasteiger partial charge in [0.05, 0.1) is 48.4 Å². The summed E-state index contributed by atoms with van der Waals surface area (Å²) in [5.74, 6) is 0. The molecule has 0 radical (unpaired) electrons. The average Bonchev–Trinajstić information content (AvgIpc) is 3.18. The summed E-state index contributed by atoms with van der Waals surface area (Å²) in [5.41, 5.74) is 14.0. The summed E-state index contributed by atoms with van der Waals surface area (Å²) in [6.07, 6.45) is 4.59. The van der Waals surface area contributed by atoms with E-state index >= 15 is 0 Å². The van der Waals surface area contributed by atoms with Crippen molar-refractivity contribution in [3.63, 3.8) is 0 Å². The first-order valence-corrected chi connectivity index (χ1v) is 45.5. The fourth-order valence-corrected chi connectivity index (χ4v) is 36.9. The van der Waals surface area contributed by atoms with Crippen molar-refractivity contribution < 1.29 is 58.9 Å². The number of halogens is 3. The van der Waals surface area contributed by atoms with Crippen LogP contribution in [0.5, 0.6) is 0 Å². The molecule has 344 valence electrons. The van der Waals surface area contributed by atoms with Gasteiger partial charge >= 0.3 is 21.7 Å². The van der Waals surface area contributed by atoms with Crippen molar-refractivity contribution in [3.8, 4) is 0 Å². The van der Waals surface area contributed by atoms with Crippen LogP contribution in [0.25, 0.3) is 0 Å². The molecule has 0 fully saturated rings. The minimum absolute atomic E-state index is 0. The Kier molecular flexibility index (Phi) is 19.8. The van der Waals surface area contributed by atoms with Gasteiger partial charge in [-0.25, -0.2) is 5.57 Å². The molecule has 3 aromatic carbocycles. The number of hydrogen-bond donors (Lipinski definition) is 0. The molecular weight excluding hydrogens is 963 g/mol. The summed E-state index contributed by atoms with van der Waals surface area (Å²) in [6.45, 7) is 73.0. The smallest absolute Gasteiger partial charge is 1.00 e. The van der Waals surface area contributed by atoms with Gasteiger partial charge < -0.3 is 37.2 Å². The minimum atomic E-state index is -3.28. The molecule has 0 saturated heterocycles. The minimum Gasteiger partial charge on any atom is -1.00 e. The Balaban J connectivity index is 0.00000930. The molecule has 0 nitrogen and oxygen atoms in total. The second-order valence-electron chi connectivity index (χ2n) is 25.2. The molecule has 0 amide bonds. The molecule has 1 aliphatic rings. The van der Waals surface area contributed by atoms with Crippen LogP contribution in [-0.4, -0.2) is 56.5 Å². The largest absolute Gasteiger partial charge is 4.00 e. The molecule has 0 heterocycles. The number of allylic oxidation sites excluding steroid dienone is 4. The number of aryl methyl sites for hydroxylation is 3. The summed E-state index contributed by atoms with van der Waals surface area (Å²) < 4.78 is 0. The predicted molar refractivity (Wildman–Crippen MR) is 289 cm³/mol. The van der Waals surface area contributed by atoms with Gasteiger partial charge in [0, 0.05) is 0 Å². The van der Waals surface area contributed by atoms with Crippen LogP contribution in [0.2, 0.25) is 123 Å². The molecular formula is C51H87Cl3Si7Ti. The van der Waals surface area contributed by atoms with E-state index in [0.717, 1.165) is 0 Å². The van der Waals surface area contributed by atoms with Crippen molar-refractivity contribution in [1.29, 1.82) is 0 Å². The van der Waals surface area contributed by atoms with Gasteiger partial charge in [0.1, 0.15) is 8.07 Å². The van der Waals surface area contributed by atoms with Gasteiger partial charge in [-0.15, -0.1) is 6.92 Å². The van der Waals surface area contributed by atoms with Crippen LogP contribution in [0.1, 0.15) is 61.1 Å². The first kappa shape index (κ1) is 62.2. The average molecular weight is 1050 g/mol. The number of hydrogen-bond acceptors (Lipinski definition) is 0. The zero-order valence-electron chi connectivity index (χ0n) is 44.9. The molecule has 0 aromatic heterocycles. The van der Waals surface area contributed by atoms with Crippen molar-refractivity contribution >= 4 is 103 Å². The van der Waals surface area contributed by atoms with Gasteiger partial charge in [0.25, 0.3) is 0 Å². The Bertz CT molecular complexity index is 2040. The van der Waals surface area contributed by atoms with Crippen molar-refractivity contribution in [2.75, 3.05) is 0 Å². The molecule has 1 atom stereocenters. The van der Waals surface area contributed by atoms with E-state index in [4.69, 9.17) is 0 Å². The quantitative estimate of drug-likeness (QED) is 0.163. The molecule has 0 saturated carbocycles. The zero-order chi connectivity index (χ0) is 45.2. The monoisotopic (exact) mass is 1050 g/mol. The summed E-state index contributed by atoms with van der Waals surface area (Å²) >= 11 is 0. The van der Waals surface area contributed by atoms with Crippen LogP contribution in [0.3, 0.4) is 0 Å². The van der Waals surface area contributed by atoms with Gasteiger partial charge in [0.15, 0.2) is 0 Å². The van der Waals surface area contributed by atoms with Gasteiger partial charge in [-0.3, -0.25) is 6.08 Å². The van der Waals surface area contributed by atoms with Gasteiger partial charge in [-0.2, -0.15) is 11.1 Å². The molecule has 0 aliphatic heterocycles. The van der Waals surface area contributed by atoms with Crippen LogP contribution >= 0.6 is 0 Å². The molecule has 0 bridgehead atoms. The summed E-state index contributed by atoms with van der Waals surface area (Å²) in [6, 6.07) is 8.37. The number of benzene rings is 3. The molecule has 4 rings (SSSR count). The van der Waals surface area contributed by atoms with Crippen LogP contribution in [0.4, 0.5) is 0 Å². The molecule has 62 heavy (non-hydrogen) atoms. The van der Waals surface area contributed by atoms with Gasteiger partial charge in [0.2, 0.25) is 0 Å². The number of rotatable bonds is 10. The van der Waals surface area contributed by atoms with Crippen LogP contribution in [0, 0.1) is 47.6 Å². The third kappa shape index (κ3) is 10.4. The first-order chi connectivity index (χ1) is 25.7. The third-order valence-corrected chi connectivity index (χ3v) is 34.0. The van der Waals surface area contributed by atoms with Crippen LogP contribution < -0.4 is 83.9 Å². The Labute approximate surface area is 424 Å². The van der Waals surface area contributed by atoms with Crippen LogP contribution in [0.15, 0.2) is 34.9 Å². The van der Waals surface area contributed by atoms with Crippen molar-refractivity contribution in [1.82, 2.24) is 0 Å². The molecule has 0 spiro atoms. The predicted octanol–water partition coefficient (Wildman–Crippen LogP) is 1.15. The van der Waals surface area contributed by atoms with E-state index in [1.807, 2.05) is 0 Å². The van der Waals surface area contributed by atoms with E-state index in [0.29, 0.717) is 0 Å². The SMILES string of the molecule is CC1=[C-]C(C)([Si](c2c([Si](C)(C)C)cc(C)c([Si](C)(C)C)c2C)(c2c([Si](C)(C)C)cc(C)c([Si](C)(C)C)c2C)c2c([Si](C)(C)C)cc(C)c([Si](C)(C)C)c2C)C(C)=C1C.[Cl-].[Cl-].[Cl-].[Ti+4]. The normalized spacial score (nSPS) is 16.6. The van der Waals surface area contributed by atoms with E-state index in [2.05, 4.69) is 211 Å². The van der Waals surface area contributed by atoms with E-state index in [9.17, 15) is 0 Å². The maximum Gasteiger partial charge on any atom is 4.00 e. The van der Waals surface area contributed by atoms with Crippen LogP contribution in [-0.2, 0) is 21.7 Å². The van der Waals surface area contributed by atoms with E-state index < -0.39 is 56.5 Å². The second-order valence-corrected chi connectivity index (χ2v) is 59.3. The zero-order valence-corrected chi connectivity index (χ0v) is 55.7. The molecule has 1 unspecified atom stereocenters. The first-order valence-electron chi connectivity index (χ1n) is 22.5. The molecule has 11 heteroatoms. The van der Waals surface area contributed by atoms with Crippen molar-refractivity contribution in [3.05, 3.63) is 74.4 Å². The topological polar surface area (TPSA) is 0 Å². The van der Waals surface area contributed by atoms with Crippen molar-refractivity contribution in [2.45, 2.75) is 192 Å². The van der Waals surface area contributed by atoms with E-state index in [-0.39, 0.29) is 64.0 Å². The fraction of sp³-hybridized carbons (Fsp3) is 0.569. The van der Waals surface area contributed by atoms with Gasteiger partial charge in [-0.05, 0) is 57.1 Å². The third-order valence-electron chi connectivity index (χ3n) is 14.2. The fourth-order valence-electron chi connectivity index (χ4n) is 12.4. The molecule has 3 aromatic rings. The Morgan fingerprint density at radius 2 is 0.597 bits per heavy atom. The summed E-state index contributed by atoms with van der Waals surface area (Å²) in [7, 11) is -14.7.